The molecule has 0 saturated carbocycles. The van der Waals surface area contributed by atoms with Crippen molar-refractivity contribution in [3.05, 3.63) is 30.1 Å². The summed E-state index contributed by atoms with van der Waals surface area (Å²) in [6.45, 7) is 3.49. The lowest BCUT2D eigenvalue weighted by Crippen LogP contribution is -2.43. The molecule has 0 atom stereocenters. The van der Waals surface area contributed by atoms with Crippen molar-refractivity contribution in [3.63, 3.8) is 0 Å². The third-order valence-electron chi connectivity index (χ3n) is 1.69. The van der Waals surface area contributed by atoms with Crippen LogP contribution in [0.3, 0.4) is 0 Å². The maximum absolute atomic E-state index is 11.2. The van der Waals surface area contributed by atoms with Crippen LogP contribution in [0.2, 0.25) is 0 Å². The van der Waals surface area contributed by atoms with E-state index in [0.717, 1.165) is 0 Å². The van der Waals surface area contributed by atoms with Gasteiger partial charge >= 0.3 is 6.09 Å². The van der Waals surface area contributed by atoms with Crippen LogP contribution in [0, 0.1) is 0 Å². The number of ether oxygens (including phenoxy) is 1. The monoisotopic (exact) mass is 194 g/mol. The number of Topliss-reactive ketones (excluding diaryl/α,β-unsaturated/α-hetero) is 1. The number of pyridine rings is 1. The number of aromatic nitrogens is 1. The van der Waals surface area contributed by atoms with E-state index in [1.54, 1.807) is 25.3 Å². The number of ketones is 1. The van der Waals surface area contributed by atoms with Gasteiger partial charge in [-0.1, -0.05) is 4.57 Å². The van der Waals surface area contributed by atoms with Gasteiger partial charge in [0.1, 0.15) is 0 Å². The second-order valence-corrected chi connectivity index (χ2v) is 2.76. The third kappa shape index (κ3) is 2.39. The molecule has 0 N–H and O–H groups in total. The molecular formula is C10H12NO3+. The number of nitrogens with zero attached hydrogens (tertiary/aromatic N) is 1. The summed E-state index contributed by atoms with van der Waals surface area (Å²) in [6.07, 6.45) is 2.53. The summed E-state index contributed by atoms with van der Waals surface area (Å²) < 4.78 is 6.03. The van der Waals surface area contributed by atoms with Crippen LogP contribution in [0.15, 0.2) is 24.5 Å². The Bertz CT molecular complexity index is 360. The topological polar surface area (TPSA) is 47.2 Å². The summed E-state index contributed by atoms with van der Waals surface area (Å²) in [4.78, 5) is 22.3. The molecule has 0 unspecified atom stereocenters. The van der Waals surface area contributed by atoms with Gasteiger partial charge in [-0.05, 0) is 19.9 Å². The van der Waals surface area contributed by atoms with Crippen molar-refractivity contribution < 1.29 is 18.9 Å². The van der Waals surface area contributed by atoms with E-state index in [2.05, 4.69) is 0 Å². The number of hydrogen-bond acceptors (Lipinski definition) is 3. The standard InChI is InChI=1S/C10H12NO3/c1-3-14-10(13)11-6-4-5-9(7-11)8(2)12/h4-7H,3H2,1-2H3/q+1. The molecule has 1 rings (SSSR count). The maximum atomic E-state index is 11.2. The van der Waals surface area contributed by atoms with Gasteiger partial charge in [0, 0.05) is 6.07 Å². The SMILES string of the molecule is CCOC(=O)[n+]1cccc(C(C)=O)c1. The number of hydrogen-bond donors (Lipinski definition) is 0. The molecule has 0 radical (unpaired) electrons. The van der Waals surface area contributed by atoms with Crippen LogP contribution in [0.4, 0.5) is 4.79 Å². The highest BCUT2D eigenvalue weighted by Gasteiger charge is 2.16. The quantitative estimate of drug-likeness (QED) is 0.524. The number of carbonyl (C=O) groups is 2. The van der Waals surface area contributed by atoms with Crippen LogP contribution in [0.25, 0.3) is 0 Å². The molecule has 0 aliphatic heterocycles. The van der Waals surface area contributed by atoms with Crippen molar-refractivity contribution in [1.82, 2.24) is 0 Å². The van der Waals surface area contributed by atoms with E-state index in [4.69, 9.17) is 4.74 Å². The predicted molar refractivity (Wildman–Crippen MR) is 49.1 cm³/mol. The maximum Gasteiger partial charge on any atom is 0.601 e. The van der Waals surface area contributed by atoms with E-state index in [9.17, 15) is 9.59 Å². The molecular weight excluding hydrogens is 182 g/mol. The average molecular weight is 194 g/mol. The summed E-state index contributed by atoms with van der Waals surface area (Å²) in [6, 6.07) is 3.28. The highest BCUT2D eigenvalue weighted by Crippen LogP contribution is 1.95. The van der Waals surface area contributed by atoms with Gasteiger partial charge in [-0.3, -0.25) is 4.79 Å². The van der Waals surface area contributed by atoms with Crippen molar-refractivity contribution in [2.24, 2.45) is 0 Å². The summed E-state index contributed by atoms with van der Waals surface area (Å²) in [5.74, 6) is -0.0800. The summed E-state index contributed by atoms with van der Waals surface area (Å²) in [5.41, 5.74) is 0.487. The van der Waals surface area contributed by atoms with Crippen molar-refractivity contribution >= 4 is 11.9 Å². The van der Waals surface area contributed by atoms with Gasteiger partial charge in [-0.15, -0.1) is 0 Å². The molecule has 4 heteroatoms. The van der Waals surface area contributed by atoms with Gasteiger partial charge in [0.05, 0.1) is 12.2 Å². The van der Waals surface area contributed by atoms with E-state index in [0.29, 0.717) is 12.2 Å². The highest BCUT2D eigenvalue weighted by atomic mass is 16.5. The van der Waals surface area contributed by atoms with Gasteiger partial charge in [0.2, 0.25) is 0 Å². The average Bonchev–Trinajstić information content (AvgIpc) is 2.18. The predicted octanol–water partition coefficient (Wildman–Crippen LogP) is 1.18. The first-order valence-electron chi connectivity index (χ1n) is 4.34. The Hall–Kier alpha value is -1.71. The Balaban J connectivity index is 2.93. The minimum atomic E-state index is -0.476. The first-order chi connectivity index (χ1) is 6.65. The van der Waals surface area contributed by atoms with E-state index >= 15 is 0 Å². The van der Waals surface area contributed by atoms with Crippen LogP contribution in [0.5, 0.6) is 0 Å². The molecule has 1 heterocycles. The zero-order valence-corrected chi connectivity index (χ0v) is 8.19. The fourth-order valence-electron chi connectivity index (χ4n) is 0.995. The number of rotatable bonds is 2. The molecule has 0 aliphatic rings. The normalized spacial score (nSPS) is 9.57. The van der Waals surface area contributed by atoms with Gasteiger partial charge in [0.25, 0.3) is 0 Å². The molecule has 14 heavy (non-hydrogen) atoms. The van der Waals surface area contributed by atoms with Gasteiger partial charge in [-0.25, -0.2) is 0 Å². The van der Waals surface area contributed by atoms with Crippen molar-refractivity contribution in [3.8, 4) is 0 Å². The minimum absolute atomic E-state index is 0.0800. The smallest absolute Gasteiger partial charge is 0.412 e. The Morgan fingerprint density at radius 2 is 2.21 bits per heavy atom. The van der Waals surface area contributed by atoms with E-state index in [-0.39, 0.29) is 5.78 Å². The molecule has 1 aromatic heterocycles. The lowest BCUT2D eigenvalue weighted by Gasteiger charge is -1.95. The highest BCUT2D eigenvalue weighted by molar-refractivity contribution is 5.93. The van der Waals surface area contributed by atoms with Crippen LogP contribution >= 0.6 is 0 Å². The minimum Gasteiger partial charge on any atom is -0.412 e. The summed E-state index contributed by atoms with van der Waals surface area (Å²) in [5, 5.41) is 0. The van der Waals surface area contributed by atoms with E-state index in [1.165, 1.54) is 17.7 Å². The van der Waals surface area contributed by atoms with Crippen molar-refractivity contribution in [2.75, 3.05) is 6.61 Å². The molecule has 0 spiro atoms. The largest absolute Gasteiger partial charge is 0.601 e. The molecule has 0 aromatic carbocycles. The first-order valence-corrected chi connectivity index (χ1v) is 4.34. The lowest BCUT2D eigenvalue weighted by atomic mass is 10.2. The van der Waals surface area contributed by atoms with Crippen LogP contribution in [-0.2, 0) is 4.74 Å². The molecule has 0 saturated heterocycles. The molecule has 4 nitrogen and oxygen atoms in total. The fourth-order valence-corrected chi connectivity index (χ4v) is 0.995. The second kappa shape index (κ2) is 4.50. The Labute approximate surface area is 82.1 Å². The molecule has 1 aromatic rings. The first kappa shape index (κ1) is 10.4. The molecule has 74 valence electrons. The Morgan fingerprint density at radius 3 is 2.79 bits per heavy atom. The summed E-state index contributed by atoms with van der Waals surface area (Å²) in [7, 11) is 0. The van der Waals surface area contributed by atoms with E-state index < -0.39 is 6.09 Å². The summed E-state index contributed by atoms with van der Waals surface area (Å²) >= 11 is 0. The van der Waals surface area contributed by atoms with Crippen LogP contribution in [-0.4, -0.2) is 18.5 Å². The van der Waals surface area contributed by atoms with Gasteiger partial charge in [0.15, 0.2) is 18.2 Å². The van der Waals surface area contributed by atoms with Crippen molar-refractivity contribution in [2.45, 2.75) is 13.8 Å². The second-order valence-electron chi connectivity index (χ2n) is 2.76. The van der Waals surface area contributed by atoms with Crippen molar-refractivity contribution in [1.29, 1.82) is 0 Å². The zero-order valence-electron chi connectivity index (χ0n) is 8.19. The Kier molecular flexibility index (Phi) is 3.34. The van der Waals surface area contributed by atoms with Crippen LogP contribution in [0.1, 0.15) is 24.2 Å². The molecule has 0 fully saturated rings. The zero-order chi connectivity index (χ0) is 10.6. The molecule has 0 bridgehead atoms. The molecule has 0 aliphatic carbocycles. The van der Waals surface area contributed by atoms with Gasteiger partial charge < -0.3 is 4.74 Å². The van der Waals surface area contributed by atoms with Gasteiger partial charge in [-0.2, -0.15) is 4.79 Å². The molecule has 0 amide bonds. The Morgan fingerprint density at radius 1 is 1.50 bits per heavy atom. The fraction of sp³-hybridized carbons (Fsp3) is 0.300. The van der Waals surface area contributed by atoms with E-state index in [1.807, 2.05) is 0 Å². The van der Waals surface area contributed by atoms with Crippen LogP contribution < -0.4 is 4.57 Å². The lowest BCUT2D eigenvalue weighted by molar-refractivity contribution is -0.586. The third-order valence-corrected chi connectivity index (χ3v) is 1.69. The number of carbonyl (C=O) groups excluding carboxylic acids is 2.